The van der Waals surface area contributed by atoms with E-state index in [1.165, 1.54) is 0 Å². The van der Waals surface area contributed by atoms with Crippen LogP contribution in [0.4, 0.5) is 0 Å². The molecule has 2 amide bonds. The Morgan fingerprint density at radius 1 is 1.33 bits per heavy atom. The number of rotatable bonds is 4. The maximum Gasteiger partial charge on any atom is 0.240 e. The average Bonchev–Trinajstić information content (AvgIpc) is 1.82. The molecule has 0 fully saturated rings. The number of imide groups is 1. The van der Waals surface area contributed by atoms with Crippen LogP contribution in [0.5, 0.6) is 0 Å². The minimum Gasteiger partial charge on any atom is -0.276 e. The minimum absolute atomic E-state index is 0.152. The van der Waals surface area contributed by atoms with Gasteiger partial charge in [-0.05, 0) is 13.8 Å². The third-order valence-corrected chi connectivity index (χ3v) is 0.540. The fraction of sp³-hybridized carbons (Fsp3) is 0.600. The zero-order valence-electron chi connectivity index (χ0n) is 5.40. The largest absolute Gasteiger partial charge is 0.276 e. The molecule has 0 aliphatic carbocycles. The van der Waals surface area contributed by atoms with Crippen LogP contribution in [-0.2, 0) is 14.4 Å². The molecule has 4 nitrogen and oxygen atoms in total. The number of hydrogen-bond acceptors (Lipinski definition) is 3. The van der Waals surface area contributed by atoms with Gasteiger partial charge < -0.3 is 0 Å². The van der Waals surface area contributed by atoms with Gasteiger partial charge in [0.2, 0.25) is 12.8 Å². The molecule has 0 aliphatic rings. The number of nitrogens with zero attached hydrogens (tertiary/aromatic N) is 1. The molecule has 0 heterocycles. The van der Waals surface area contributed by atoms with Crippen molar-refractivity contribution in [3.8, 4) is 0 Å². The van der Waals surface area contributed by atoms with E-state index in [-0.39, 0.29) is 6.10 Å². The zero-order chi connectivity index (χ0) is 7.28. The van der Waals surface area contributed by atoms with E-state index in [0.717, 1.165) is 0 Å². The predicted octanol–water partition coefficient (Wildman–Crippen LogP) is -0.0588. The second kappa shape index (κ2) is 4.03. The number of carbonyl (C=O) groups is 2. The Kier molecular flexibility index (Phi) is 3.62. The maximum absolute atomic E-state index is 9.84. The minimum atomic E-state index is -0.152. The van der Waals surface area contributed by atoms with Crippen LogP contribution in [0.2, 0.25) is 0 Å². The second-order valence-corrected chi connectivity index (χ2v) is 1.72. The zero-order valence-corrected chi connectivity index (χ0v) is 5.40. The number of carbonyl (C=O) groups excluding carboxylic acids is 2. The number of hydroxylamine groups is 2. The van der Waals surface area contributed by atoms with Crippen LogP contribution in [0, 0.1) is 0 Å². The van der Waals surface area contributed by atoms with Gasteiger partial charge in [-0.1, -0.05) is 0 Å². The highest BCUT2D eigenvalue weighted by Crippen LogP contribution is 1.88. The van der Waals surface area contributed by atoms with E-state index >= 15 is 0 Å². The van der Waals surface area contributed by atoms with E-state index in [0.29, 0.717) is 17.9 Å². The summed E-state index contributed by atoms with van der Waals surface area (Å²) >= 11 is 0. The standard InChI is InChI=1S/C5H9NO3/c1-5(2)9-6(3-7)4-8/h3-5H,1-2H3. The van der Waals surface area contributed by atoms with Gasteiger partial charge in [0.25, 0.3) is 0 Å². The highest BCUT2D eigenvalue weighted by molar-refractivity contribution is 5.66. The van der Waals surface area contributed by atoms with Crippen LogP contribution in [0.3, 0.4) is 0 Å². The van der Waals surface area contributed by atoms with Gasteiger partial charge in [0, 0.05) is 0 Å². The average molecular weight is 131 g/mol. The van der Waals surface area contributed by atoms with E-state index in [1.54, 1.807) is 13.8 Å². The van der Waals surface area contributed by atoms with Gasteiger partial charge in [0.05, 0.1) is 6.10 Å². The third-order valence-electron chi connectivity index (χ3n) is 0.540. The van der Waals surface area contributed by atoms with Crippen molar-refractivity contribution in [1.29, 1.82) is 0 Å². The lowest BCUT2D eigenvalue weighted by molar-refractivity contribution is -0.186. The molecule has 0 N–H and O–H groups in total. The van der Waals surface area contributed by atoms with Gasteiger partial charge in [-0.15, -0.1) is 0 Å². The first-order chi connectivity index (χ1) is 4.20. The predicted molar refractivity (Wildman–Crippen MR) is 30.2 cm³/mol. The highest BCUT2D eigenvalue weighted by atomic mass is 16.7. The third kappa shape index (κ3) is 3.66. The fourth-order valence-electron chi connectivity index (χ4n) is 0.318. The van der Waals surface area contributed by atoms with Crippen LogP contribution >= 0.6 is 0 Å². The SMILES string of the molecule is CC(C)ON(C=O)C=O. The molecule has 0 aromatic rings. The van der Waals surface area contributed by atoms with Crippen molar-refractivity contribution < 1.29 is 14.4 Å². The lowest BCUT2D eigenvalue weighted by atomic mass is 10.5. The van der Waals surface area contributed by atoms with Gasteiger partial charge in [-0.2, -0.15) is 5.06 Å². The quantitative estimate of drug-likeness (QED) is 0.396. The Morgan fingerprint density at radius 3 is 1.89 bits per heavy atom. The fourth-order valence-corrected chi connectivity index (χ4v) is 0.318. The molecule has 0 aromatic carbocycles. The first-order valence-electron chi connectivity index (χ1n) is 2.56. The summed E-state index contributed by atoms with van der Waals surface area (Å²) in [4.78, 5) is 24.3. The molecule has 0 saturated carbocycles. The van der Waals surface area contributed by atoms with Crippen molar-refractivity contribution >= 4 is 12.8 Å². The summed E-state index contributed by atoms with van der Waals surface area (Å²) in [5.74, 6) is 0. The molecule has 9 heavy (non-hydrogen) atoms. The van der Waals surface area contributed by atoms with E-state index < -0.39 is 0 Å². The molecule has 52 valence electrons. The summed E-state index contributed by atoms with van der Waals surface area (Å²) in [6.45, 7) is 3.44. The Labute approximate surface area is 53.3 Å². The molecule has 0 aromatic heterocycles. The van der Waals surface area contributed by atoms with E-state index in [4.69, 9.17) is 0 Å². The second-order valence-electron chi connectivity index (χ2n) is 1.72. The van der Waals surface area contributed by atoms with Crippen LogP contribution in [0.25, 0.3) is 0 Å². The van der Waals surface area contributed by atoms with Crippen molar-refractivity contribution in [3.05, 3.63) is 0 Å². The summed E-state index contributed by atoms with van der Waals surface area (Å²) < 4.78 is 0. The first-order valence-corrected chi connectivity index (χ1v) is 2.56. The first kappa shape index (κ1) is 8.10. The van der Waals surface area contributed by atoms with E-state index in [1.807, 2.05) is 0 Å². The molecule has 0 aliphatic heterocycles. The Bertz CT molecular complexity index is 94.4. The summed E-state index contributed by atoms with van der Waals surface area (Å²) in [7, 11) is 0. The van der Waals surface area contributed by atoms with Crippen LogP contribution in [-0.4, -0.2) is 24.0 Å². The van der Waals surface area contributed by atoms with Crippen LogP contribution < -0.4 is 0 Å². The van der Waals surface area contributed by atoms with Crippen LogP contribution in [0.1, 0.15) is 13.8 Å². The van der Waals surface area contributed by atoms with Gasteiger partial charge in [-0.25, -0.2) is 0 Å². The molecule has 0 spiro atoms. The van der Waals surface area contributed by atoms with E-state index in [2.05, 4.69) is 4.84 Å². The van der Waals surface area contributed by atoms with Crippen molar-refractivity contribution in [1.82, 2.24) is 5.06 Å². The van der Waals surface area contributed by atoms with Gasteiger partial charge >= 0.3 is 0 Å². The lowest BCUT2D eigenvalue weighted by Gasteiger charge is -2.10. The molecule has 4 heteroatoms. The van der Waals surface area contributed by atoms with Gasteiger partial charge in [0.15, 0.2) is 0 Å². The molecule has 0 saturated heterocycles. The van der Waals surface area contributed by atoms with Crippen molar-refractivity contribution in [3.63, 3.8) is 0 Å². The highest BCUT2D eigenvalue weighted by Gasteiger charge is 2.00. The summed E-state index contributed by atoms with van der Waals surface area (Å²) in [6.07, 6.45) is 0.473. The Hall–Kier alpha value is -0.900. The monoisotopic (exact) mass is 131 g/mol. The van der Waals surface area contributed by atoms with Crippen molar-refractivity contribution in [2.24, 2.45) is 0 Å². The molecular formula is C5H9NO3. The molecule has 0 unspecified atom stereocenters. The van der Waals surface area contributed by atoms with Gasteiger partial charge in [0.1, 0.15) is 0 Å². The van der Waals surface area contributed by atoms with Crippen molar-refractivity contribution in [2.75, 3.05) is 0 Å². The molecule has 0 bridgehead atoms. The maximum atomic E-state index is 9.84. The topological polar surface area (TPSA) is 46.6 Å². The molecule has 0 rings (SSSR count). The summed E-state index contributed by atoms with van der Waals surface area (Å²) in [5, 5.41) is 0.588. The summed E-state index contributed by atoms with van der Waals surface area (Å²) in [6, 6.07) is 0. The summed E-state index contributed by atoms with van der Waals surface area (Å²) in [5.41, 5.74) is 0. The molecule has 0 radical (unpaired) electrons. The van der Waals surface area contributed by atoms with Crippen molar-refractivity contribution in [2.45, 2.75) is 20.0 Å². The van der Waals surface area contributed by atoms with Crippen LogP contribution in [0.15, 0.2) is 0 Å². The molecular weight excluding hydrogens is 122 g/mol. The Balaban J connectivity index is 3.55. The number of hydrogen-bond donors (Lipinski definition) is 0. The normalized spacial score (nSPS) is 9.22. The lowest BCUT2D eigenvalue weighted by Crippen LogP contribution is -2.23. The van der Waals surface area contributed by atoms with Gasteiger partial charge in [-0.3, -0.25) is 14.4 Å². The number of amides is 2. The molecule has 0 atom stereocenters. The smallest absolute Gasteiger partial charge is 0.240 e. The van der Waals surface area contributed by atoms with E-state index in [9.17, 15) is 9.59 Å². The Morgan fingerprint density at radius 2 is 1.78 bits per heavy atom.